The molecule has 1 aliphatic heterocycles. The van der Waals surface area contributed by atoms with E-state index in [-0.39, 0.29) is 25.5 Å². The topological polar surface area (TPSA) is 102 Å². The van der Waals surface area contributed by atoms with Gasteiger partial charge in [0.15, 0.2) is 5.65 Å². The van der Waals surface area contributed by atoms with Gasteiger partial charge in [-0.1, -0.05) is 0 Å². The van der Waals surface area contributed by atoms with E-state index in [1.54, 1.807) is 33.8 Å². The van der Waals surface area contributed by atoms with Crippen molar-refractivity contribution < 1.29 is 18.6 Å². The van der Waals surface area contributed by atoms with Crippen molar-refractivity contribution in [3.8, 4) is 17.3 Å². The first-order valence-electron chi connectivity index (χ1n) is 9.95. The van der Waals surface area contributed by atoms with Gasteiger partial charge in [-0.2, -0.15) is 5.10 Å². The zero-order valence-corrected chi connectivity index (χ0v) is 17.1. The van der Waals surface area contributed by atoms with Gasteiger partial charge < -0.3 is 14.7 Å². The second-order valence-corrected chi connectivity index (χ2v) is 7.47. The lowest BCUT2D eigenvalue weighted by Crippen LogP contribution is -2.26. The summed E-state index contributed by atoms with van der Waals surface area (Å²) in [6, 6.07) is 6.02. The Labute approximate surface area is 181 Å². The number of nitrogens with zero attached hydrogens (tertiary/aromatic N) is 7. The van der Waals surface area contributed by atoms with Gasteiger partial charge in [0.05, 0.1) is 44.9 Å². The second-order valence-electron chi connectivity index (χ2n) is 7.47. The van der Waals surface area contributed by atoms with Gasteiger partial charge in [0.2, 0.25) is 5.88 Å². The number of aromatic nitrogens is 6. The van der Waals surface area contributed by atoms with E-state index in [9.17, 15) is 13.9 Å². The van der Waals surface area contributed by atoms with Crippen molar-refractivity contribution in [2.75, 3.05) is 18.6 Å². The first-order chi connectivity index (χ1) is 15.6. The molecule has 11 heteroatoms. The molecule has 5 rings (SSSR count). The average Bonchev–Trinajstić information content (AvgIpc) is 3.42. The van der Waals surface area contributed by atoms with E-state index in [0.717, 1.165) is 6.20 Å². The Hall–Kier alpha value is -3.73. The van der Waals surface area contributed by atoms with Crippen LogP contribution in [0.3, 0.4) is 0 Å². The van der Waals surface area contributed by atoms with Crippen molar-refractivity contribution in [2.45, 2.75) is 25.2 Å². The minimum atomic E-state index is -1.13. The molecule has 0 bridgehead atoms. The molecule has 9 nitrogen and oxygen atoms in total. The molecule has 0 aliphatic carbocycles. The molecule has 5 heterocycles. The number of aliphatic hydroxyl groups is 1. The van der Waals surface area contributed by atoms with Crippen LogP contribution in [0, 0.1) is 5.82 Å². The molecule has 1 saturated heterocycles. The zero-order valence-electron chi connectivity index (χ0n) is 17.1. The van der Waals surface area contributed by atoms with Crippen molar-refractivity contribution in [1.29, 1.82) is 0 Å². The molecule has 1 aliphatic rings. The molecule has 0 unspecified atom stereocenters. The predicted molar refractivity (Wildman–Crippen MR) is 110 cm³/mol. The molecule has 164 valence electrons. The van der Waals surface area contributed by atoms with Gasteiger partial charge >= 0.3 is 0 Å². The maximum Gasteiger partial charge on any atom is 0.218 e. The lowest BCUT2D eigenvalue weighted by molar-refractivity contribution is 0.281. The Morgan fingerprint density at radius 1 is 1.19 bits per heavy atom. The summed E-state index contributed by atoms with van der Waals surface area (Å²) in [6.07, 6.45) is 3.18. The predicted octanol–water partition coefficient (Wildman–Crippen LogP) is 2.51. The van der Waals surface area contributed by atoms with Gasteiger partial charge in [-0.15, -0.1) is 10.2 Å². The summed E-state index contributed by atoms with van der Waals surface area (Å²) in [5, 5.41) is 22.1. The lowest BCUT2D eigenvalue weighted by Gasteiger charge is -2.26. The molecular weight excluding hydrogens is 420 g/mol. The van der Waals surface area contributed by atoms with Crippen LogP contribution in [0.2, 0.25) is 0 Å². The molecule has 0 aromatic carbocycles. The average molecular weight is 439 g/mol. The minimum absolute atomic E-state index is 0.0900. The Bertz CT molecular complexity index is 1280. The van der Waals surface area contributed by atoms with Gasteiger partial charge in [-0.3, -0.25) is 0 Å². The van der Waals surface area contributed by atoms with E-state index in [4.69, 9.17) is 4.74 Å². The molecular formula is C21H19F2N7O2. The number of halogens is 2. The summed E-state index contributed by atoms with van der Waals surface area (Å²) in [6.45, 7) is -0.0819. The number of hydrogen-bond donors (Lipinski definition) is 1. The number of anilines is 1. The number of fused-ring (bicyclic) bond motifs is 1. The first-order valence-corrected chi connectivity index (χ1v) is 9.95. The van der Waals surface area contributed by atoms with E-state index in [2.05, 4.69) is 25.3 Å². The first kappa shape index (κ1) is 20.2. The fraction of sp³-hybridized carbons (Fsp3) is 0.286. The van der Waals surface area contributed by atoms with Crippen LogP contribution in [0.5, 0.6) is 5.88 Å². The third kappa shape index (κ3) is 3.50. The van der Waals surface area contributed by atoms with Crippen LogP contribution in [-0.2, 0) is 6.61 Å². The number of imidazole rings is 1. The van der Waals surface area contributed by atoms with E-state index in [0.29, 0.717) is 34.0 Å². The molecule has 0 spiro atoms. The Kier molecular flexibility index (Phi) is 5.10. The summed E-state index contributed by atoms with van der Waals surface area (Å²) >= 11 is 0. The second kappa shape index (κ2) is 8.08. The number of hydrogen-bond acceptors (Lipinski definition) is 8. The van der Waals surface area contributed by atoms with Crippen molar-refractivity contribution in [3.63, 3.8) is 0 Å². The summed E-state index contributed by atoms with van der Waals surface area (Å²) in [5.41, 5.74) is 2.69. The van der Waals surface area contributed by atoms with Crippen LogP contribution in [-0.4, -0.2) is 54.7 Å². The normalized spacial score (nSPS) is 18.4. The molecule has 4 aromatic rings. The number of methoxy groups -OCH3 is 1. The number of pyridine rings is 1. The molecule has 1 fully saturated rings. The Morgan fingerprint density at radius 2 is 2.06 bits per heavy atom. The van der Waals surface area contributed by atoms with E-state index < -0.39 is 18.0 Å². The Morgan fingerprint density at radius 3 is 2.88 bits per heavy atom. The van der Waals surface area contributed by atoms with Gasteiger partial charge in [0, 0.05) is 12.0 Å². The molecule has 2 atom stereocenters. The number of rotatable bonds is 5. The van der Waals surface area contributed by atoms with Crippen molar-refractivity contribution in [1.82, 2.24) is 29.8 Å². The quantitative estimate of drug-likeness (QED) is 0.506. The molecule has 32 heavy (non-hydrogen) atoms. The largest absolute Gasteiger partial charge is 0.481 e. The maximum absolute atomic E-state index is 14.5. The Balaban J connectivity index is 1.58. The van der Waals surface area contributed by atoms with E-state index in [1.807, 2.05) is 0 Å². The van der Waals surface area contributed by atoms with Crippen LogP contribution in [0.4, 0.5) is 14.6 Å². The highest BCUT2D eigenvalue weighted by atomic mass is 19.1. The van der Waals surface area contributed by atoms with Gasteiger partial charge in [0.25, 0.3) is 0 Å². The summed E-state index contributed by atoms with van der Waals surface area (Å²) in [4.78, 5) is 10.1. The molecule has 1 N–H and O–H groups in total. The van der Waals surface area contributed by atoms with E-state index >= 15 is 0 Å². The summed E-state index contributed by atoms with van der Waals surface area (Å²) < 4.78 is 35.3. The highest BCUT2D eigenvalue weighted by Crippen LogP contribution is 2.40. The van der Waals surface area contributed by atoms with Crippen LogP contribution < -0.4 is 9.64 Å². The smallest absolute Gasteiger partial charge is 0.218 e. The third-order valence-corrected chi connectivity index (χ3v) is 5.45. The van der Waals surface area contributed by atoms with Crippen molar-refractivity contribution in [3.05, 3.63) is 59.8 Å². The lowest BCUT2D eigenvalue weighted by atomic mass is 10.1. The van der Waals surface area contributed by atoms with Crippen LogP contribution in [0.25, 0.3) is 17.0 Å². The highest BCUT2D eigenvalue weighted by Gasteiger charge is 2.36. The maximum atomic E-state index is 14.5. The molecule has 0 radical (unpaired) electrons. The van der Waals surface area contributed by atoms with Crippen molar-refractivity contribution >= 4 is 11.5 Å². The molecule has 0 amide bonds. The van der Waals surface area contributed by atoms with Crippen LogP contribution in [0.1, 0.15) is 23.6 Å². The standard InChI is InChI=1S/C21H19F2N7O2/c1-32-21-15(5-13(22)8-25-21)17-6-14(23)10-29(17)20-3-2-19-24-9-18(30(19)28-20)16-4-12(11-31)7-26-27-16/h2-5,7-9,14,17,31H,6,10-11H2,1H3/t14-,17+/m0/s1. The van der Waals surface area contributed by atoms with Gasteiger partial charge in [-0.05, 0) is 29.8 Å². The van der Waals surface area contributed by atoms with Gasteiger partial charge in [0.1, 0.15) is 29.2 Å². The van der Waals surface area contributed by atoms with Crippen LogP contribution in [0.15, 0.2) is 42.9 Å². The van der Waals surface area contributed by atoms with Gasteiger partial charge in [-0.25, -0.2) is 23.3 Å². The highest BCUT2D eigenvalue weighted by molar-refractivity contribution is 5.61. The summed E-state index contributed by atoms with van der Waals surface area (Å²) in [5.74, 6) is 0.209. The zero-order chi connectivity index (χ0) is 22.2. The fourth-order valence-electron chi connectivity index (χ4n) is 3.99. The third-order valence-electron chi connectivity index (χ3n) is 5.45. The van der Waals surface area contributed by atoms with Crippen LogP contribution >= 0.6 is 0 Å². The number of alkyl halides is 1. The minimum Gasteiger partial charge on any atom is -0.481 e. The number of aliphatic hydroxyl groups excluding tert-OH is 1. The van der Waals surface area contributed by atoms with Crippen molar-refractivity contribution in [2.24, 2.45) is 0 Å². The van der Waals surface area contributed by atoms with E-state index in [1.165, 1.54) is 19.4 Å². The fourth-order valence-corrected chi connectivity index (χ4v) is 3.99. The SMILES string of the molecule is COc1ncc(F)cc1[C@H]1C[C@H](F)CN1c1ccc2ncc(-c3cc(CO)cnn3)n2n1. The monoisotopic (exact) mass is 439 g/mol. The molecule has 0 saturated carbocycles. The number of ether oxygens (including phenoxy) is 1. The molecule has 4 aromatic heterocycles. The summed E-state index contributed by atoms with van der Waals surface area (Å²) in [7, 11) is 1.44.